The number of nitrogens with one attached hydrogen (secondary N) is 2. The smallest absolute Gasteiger partial charge is 0.251 e. The predicted octanol–water partition coefficient (Wildman–Crippen LogP) is 4.12. The van der Waals surface area contributed by atoms with Gasteiger partial charge < -0.3 is 10.6 Å². The molecular formula is C21H25ClN2O2. The van der Waals surface area contributed by atoms with E-state index in [0.717, 1.165) is 24.0 Å². The lowest BCUT2D eigenvalue weighted by atomic mass is 10.1. The van der Waals surface area contributed by atoms with Crippen LogP contribution < -0.4 is 10.6 Å². The second kappa shape index (κ2) is 10.6. The topological polar surface area (TPSA) is 58.2 Å². The van der Waals surface area contributed by atoms with Gasteiger partial charge in [0.2, 0.25) is 5.91 Å². The molecule has 0 fully saturated rings. The monoisotopic (exact) mass is 372 g/mol. The molecule has 0 aliphatic carbocycles. The number of hydrogen-bond acceptors (Lipinski definition) is 2. The number of rotatable bonds is 9. The summed E-state index contributed by atoms with van der Waals surface area (Å²) >= 11 is 5.85. The molecule has 2 N–H and O–H groups in total. The van der Waals surface area contributed by atoms with Crippen LogP contribution in [0.1, 0.15) is 47.7 Å². The highest BCUT2D eigenvalue weighted by atomic mass is 35.5. The van der Waals surface area contributed by atoms with E-state index in [2.05, 4.69) is 17.6 Å². The highest BCUT2D eigenvalue weighted by Crippen LogP contribution is 2.11. The van der Waals surface area contributed by atoms with Crippen molar-refractivity contribution in [3.8, 4) is 0 Å². The third-order valence-electron chi connectivity index (χ3n) is 4.08. The van der Waals surface area contributed by atoms with E-state index in [0.29, 0.717) is 36.5 Å². The number of benzene rings is 2. The fraction of sp³-hybridized carbons (Fsp3) is 0.333. The average molecular weight is 373 g/mol. The van der Waals surface area contributed by atoms with Crippen molar-refractivity contribution in [2.75, 3.05) is 6.54 Å². The quantitative estimate of drug-likeness (QED) is 0.650. The number of amides is 2. The molecule has 4 nitrogen and oxygen atoms in total. The SMILES string of the molecule is CCCCNC(=O)c1ccc(CNC(=O)CCc2ccc(Cl)cc2)cc1. The van der Waals surface area contributed by atoms with Crippen molar-refractivity contribution in [3.05, 3.63) is 70.2 Å². The number of carbonyl (C=O) groups excluding carboxylic acids is 2. The lowest BCUT2D eigenvalue weighted by Crippen LogP contribution is -2.25. The molecule has 2 amide bonds. The van der Waals surface area contributed by atoms with Gasteiger partial charge in [-0.3, -0.25) is 9.59 Å². The molecule has 0 atom stereocenters. The lowest BCUT2D eigenvalue weighted by molar-refractivity contribution is -0.121. The molecule has 0 bridgehead atoms. The Morgan fingerprint density at radius 2 is 1.58 bits per heavy atom. The average Bonchev–Trinajstić information content (AvgIpc) is 2.66. The first kappa shape index (κ1) is 20.0. The summed E-state index contributed by atoms with van der Waals surface area (Å²) < 4.78 is 0. The van der Waals surface area contributed by atoms with E-state index in [1.54, 1.807) is 12.1 Å². The maximum absolute atomic E-state index is 12.0. The molecule has 0 heterocycles. The molecule has 2 aromatic carbocycles. The Bertz CT molecular complexity index is 712. The molecular weight excluding hydrogens is 348 g/mol. The molecule has 0 saturated heterocycles. The van der Waals surface area contributed by atoms with E-state index in [-0.39, 0.29) is 11.8 Å². The van der Waals surface area contributed by atoms with Crippen LogP contribution in [0.4, 0.5) is 0 Å². The van der Waals surface area contributed by atoms with Crippen molar-refractivity contribution in [1.29, 1.82) is 0 Å². The highest BCUT2D eigenvalue weighted by molar-refractivity contribution is 6.30. The molecule has 0 radical (unpaired) electrons. The Morgan fingerprint density at radius 3 is 2.23 bits per heavy atom. The number of halogens is 1. The Balaban J connectivity index is 1.73. The zero-order chi connectivity index (χ0) is 18.8. The van der Waals surface area contributed by atoms with Gasteiger partial charge in [-0.2, -0.15) is 0 Å². The minimum absolute atomic E-state index is 0.00124. The summed E-state index contributed by atoms with van der Waals surface area (Å²) in [5, 5.41) is 6.49. The van der Waals surface area contributed by atoms with E-state index in [4.69, 9.17) is 11.6 Å². The molecule has 0 saturated carbocycles. The van der Waals surface area contributed by atoms with Crippen LogP contribution >= 0.6 is 11.6 Å². The number of carbonyl (C=O) groups is 2. The molecule has 2 aromatic rings. The van der Waals surface area contributed by atoms with E-state index in [1.807, 2.05) is 36.4 Å². The highest BCUT2D eigenvalue weighted by Gasteiger charge is 2.06. The Morgan fingerprint density at radius 1 is 0.923 bits per heavy atom. The maximum Gasteiger partial charge on any atom is 0.251 e. The van der Waals surface area contributed by atoms with Crippen LogP contribution in [0.3, 0.4) is 0 Å². The van der Waals surface area contributed by atoms with Crippen molar-refractivity contribution < 1.29 is 9.59 Å². The second-order valence-electron chi connectivity index (χ2n) is 6.21. The van der Waals surface area contributed by atoms with Crippen molar-refractivity contribution in [2.45, 2.75) is 39.2 Å². The molecule has 26 heavy (non-hydrogen) atoms. The standard InChI is InChI=1S/C21H25ClN2O2/c1-2-3-14-23-21(26)18-9-4-17(5-10-18)15-24-20(25)13-8-16-6-11-19(22)12-7-16/h4-7,9-12H,2-3,8,13-15H2,1H3,(H,23,26)(H,24,25). The molecule has 0 spiro atoms. The van der Waals surface area contributed by atoms with Crippen LogP contribution in [-0.4, -0.2) is 18.4 Å². The zero-order valence-corrected chi connectivity index (χ0v) is 15.8. The maximum atomic E-state index is 12.0. The van der Waals surface area contributed by atoms with Crippen molar-refractivity contribution in [2.24, 2.45) is 0 Å². The Kier molecular flexibility index (Phi) is 8.16. The van der Waals surface area contributed by atoms with Crippen molar-refractivity contribution in [3.63, 3.8) is 0 Å². The summed E-state index contributed by atoms with van der Waals surface area (Å²) in [7, 11) is 0. The molecule has 0 aliphatic rings. The number of aryl methyl sites for hydroxylation is 1. The van der Waals surface area contributed by atoms with Crippen LogP contribution in [0.25, 0.3) is 0 Å². The molecule has 5 heteroatoms. The van der Waals surface area contributed by atoms with E-state index < -0.39 is 0 Å². The minimum Gasteiger partial charge on any atom is -0.352 e. The first-order chi connectivity index (χ1) is 12.6. The summed E-state index contributed by atoms with van der Waals surface area (Å²) in [4.78, 5) is 23.9. The molecule has 0 unspecified atom stereocenters. The van der Waals surface area contributed by atoms with Crippen molar-refractivity contribution in [1.82, 2.24) is 10.6 Å². The van der Waals surface area contributed by atoms with Gasteiger partial charge in [-0.15, -0.1) is 0 Å². The third kappa shape index (κ3) is 6.89. The van der Waals surface area contributed by atoms with Gasteiger partial charge in [0.25, 0.3) is 5.91 Å². The first-order valence-corrected chi connectivity index (χ1v) is 9.34. The third-order valence-corrected chi connectivity index (χ3v) is 4.33. The lowest BCUT2D eigenvalue weighted by Gasteiger charge is -2.08. The first-order valence-electron chi connectivity index (χ1n) is 8.96. The minimum atomic E-state index is -0.0583. The summed E-state index contributed by atoms with van der Waals surface area (Å²) in [5.74, 6) is -0.0571. The van der Waals surface area contributed by atoms with Crippen LogP contribution in [0.2, 0.25) is 5.02 Å². The van der Waals surface area contributed by atoms with E-state index in [1.165, 1.54) is 0 Å². The normalized spacial score (nSPS) is 10.4. The summed E-state index contributed by atoms with van der Waals surface area (Å²) in [5.41, 5.74) is 2.69. The predicted molar refractivity (Wildman–Crippen MR) is 105 cm³/mol. The van der Waals surface area contributed by atoms with Crippen LogP contribution in [-0.2, 0) is 17.8 Å². The van der Waals surface area contributed by atoms with Gasteiger partial charge >= 0.3 is 0 Å². The summed E-state index contributed by atoms with van der Waals surface area (Å²) in [6, 6.07) is 14.8. The van der Waals surface area contributed by atoms with Gasteiger partial charge in [-0.1, -0.05) is 49.2 Å². The fourth-order valence-corrected chi connectivity index (χ4v) is 2.58. The van der Waals surface area contributed by atoms with Crippen LogP contribution in [0.15, 0.2) is 48.5 Å². The number of hydrogen-bond donors (Lipinski definition) is 2. The van der Waals surface area contributed by atoms with Crippen LogP contribution in [0.5, 0.6) is 0 Å². The van der Waals surface area contributed by atoms with Gasteiger partial charge in [0.05, 0.1) is 0 Å². The van der Waals surface area contributed by atoms with E-state index in [9.17, 15) is 9.59 Å². The second-order valence-corrected chi connectivity index (χ2v) is 6.65. The van der Waals surface area contributed by atoms with Gasteiger partial charge in [-0.25, -0.2) is 0 Å². The largest absolute Gasteiger partial charge is 0.352 e. The van der Waals surface area contributed by atoms with Crippen LogP contribution in [0, 0.1) is 0 Å². The molecule has 2 rings (SSSR count). The summed E-state index contributed by atoms with van der Waals surface area (Å²) in [6.07, 6.45) is 3.14. The Labute approximate surface area is 159 Å². The fourth-order valence-electron chi connectivity index (χ4n) is 2.45. The molecule has 0 aromatic heterocycles. The molecule has 138 valence electrons. The Hall–Kier alpha value is -2.33. The van der Waals surface area contributed by atoms with Crippen molar-refractivity contribution >= 4 is 23.4 Å². The number of unbranched alkanes of at least 4 members (excludes halogenated alkanes) is 1. The molecule has 0 aliphatic heterocycles. The van der Waals surface area contributed by atoms with Gasteiger partial charge in [0.1, 0.15) is 0 Å². The van der Waals surface area contributed by atoms with E-state index >= 15 is 0 Å². The van der Waals surface area contributed by atoms with Gasteiger partial charge in [0, 0.05) is 30.1 Å². The van der Waals surface area contributed by atoms with Gasteiger partial charge in [0.15, 0.2) is 0 Å². The summed E-state index contributed by atoms with van der Waals surface area (Å²) in [6.45, 7) is 3.24. The van der Waals surface area contributed by atoms with Gasteiger partial charge in [-0.05, 0) is 48.2 Å². The zero-order valence-electron chi connectivity index (χ0n) is 15.1.